The van der Waals surface area contributed by atoms with E-state index in [9.17, 15) is 5.26 Å². The zero-order chi connectivity index (χ0) is 13.4. The highest BCUT2D eigenvalue weighted by atomic mass is 32.2. The quantitative estimate of drug-likeness (QED) is 0.712. The van der Waals surface area contributed by atoms with Crippen molar-refractivity contribution >= 4 is 11.8 Å². The van der Waals surface area contributed by atoms with Crippen LogP contribution in [-0.4, -0.2) is 34.8 Å². The van der Waals surface area contributed by atoms with E-state index in [-0.39, 0.29) is 12.1 Å². The fraction of sp³-hybridized carbons (Fsp3) is 0.929. The van der Waals surface area contributed by atoms with Gasteiger partial charge >= 0.3 is 0 Å². The molecule has 2 N–H and O–H groups in total. The highest BCUT2D eigenvalue weighted by molar-refractivity contribution is 7.99. The molecule has 3 atom stereocenters. The molecule has 1 aliphatic rings. The Hall–Kier alpha value is -0.240. The summed E-state index contributed by atoms with van der Waals surface area (Å²) in [6, 6.07) is 2.54. The second-order valence-electron chi connectivity index (χ2n) is 5.25. The van der Waals surface area contributed by atoms with E-state index in [0.29, 0.717) is 11.2 Å². The molecule has 0 aromatic carbocycles. The molecule has 0 saturated heterocycles. The van der Waals surface area contributed by atoms with Gasteiger partial charge in [0, 0.05) is 5.25 Å². The predicted octanol–water partition coefficient (Wildman–Crippen LogP) is 2.55. The van der Waals surface area contributed by atoms with E-state index in [1.807, 2.05) is 18.7 Å². The first-order valence-electron chi connectivity index (χ1n) is 7.07. The predicted molar refractivity (Wildman–Crippen MR) is 77.6 cm³/mol. The minimum atomic E-state index is -0.279. The first kappa shape index (κ1) is 15.8. The number of nitrogens with one attached hydrogen (secondary N) is 1. The minimum absolute atomic E-state index is 0.243. The lowest BCUT2D eigenvalue weighted by Crippen LogP contribution is -2.47. The molecule has 3 nitrogen and oxygen atoms in total. The summed E-state index contributed by atoms with van der Waals surface area (Å²) >= 11 is 1.81. The van der Waals surface area contributed by atoms with Crippen molar-refractivity contribution in [3.8, 4) is 6.07 Å². The topological polar surface area (TPSA) is 56.0 Å². The van der Waals surface area contributed by atoms with Crippen molar-refractivity contribution in [1.82, 2.24) is 5.32 Å². The van der Waals surface area contributed by atoms with Gasteiger partial charge in [0.05, 0.1) is 12.7 Å². The van der Waals surface area contributed by atoms with Crippen LogP contribution in [0.3, 0.4) is 0 Å². The van der Waals surface area contributed by atoms with Gasteiger partial charge in [-0.15, -0.1) is 0 Å². The Morgan fingerprint density at radius 1 is 1.61 bits per heavy atom. The summed E-state index contributed by atoms with van der Waals surface area (Å²) in [5.41, 5.74) is -0.279. The van der Waals surface area contributed by atoms with E-state index < -0.39 is 0 Å². The second-order valence-corrected chi connectivity index (χ2v) is 6.80. The van der Waals surface area contributed by atoms with Gasteiger partial charge in [-0.2, -0.15) is 17.0 Å². The molecule has 0 bridgehead atoms. The second kappa shape index (κ2) is 8.04. The number of thioether (sulfide) groups is 1. The van der Waals surface area contributed by atoms with Crippen molar-refractivity contribution in [1.29, 1.82) is 5.26 Å². The van der Waals surface area contributed by atoms with E-state index in [4.69, 9.17) is 5.11 Å². The standard InChI is InChI=1S/C14H26N2OS/c1-3-8-16-14(11-15)7-4-5-13(14)6-9-18-12(2)10-17/h12-13,16-17H,3-10H2,1-2H3. The smallest absolute Gasteiger partial charge is 0.109 e. The lowest BCUT2D eigenvalue weighted by Gasteiger charge is -2.30. The average Bonchev–Trinajstić information content (AvgIpc) is 2.80. The molecule has 0 amide bonds. The van der Waals surface area contributed by atoms with Crippen molar-refractivity contribution in [2.75, 3.05) is 18.9 Å². The molecule has 0 spiro atoms. The average molecular weight is 270 g/mol. The minimum Gasteiger partial charge on any atom is -0.395 e. The van der Waals surface area contributed by atoms with Crippen LogP contribution in [0.4, 0.5) is 0 Å². The van der Waals surface area contributed by atoms with Gasteiger partial charge in [-0.1, -0.05) is 20.3 Å². The van der Waals surface area contributed by atoms with Gasteiger partial charge in [0.2, 0.25) is 0 Å². The molecule has 104 valence electrons. The van der Waals surface area contributed by atoms with Crippen molar-refractivity contribution in [2.24, 2.45) is 5.92 Å². The van der Waals surface area contributed by atoms with E-state index in [1.165, 1.54) is 6.42 Å². The molecule has 1 aliphatic carbocycles. The van der Waals surface area contributed by atoms with Crippen LogP contribution in [0.1, 0.15) is 46.0 Å². The Balaban J connectivity index is 2.44. The summed E-state index contributed by atoms with van der Waals surface area (Å²) in [7, 11) is 0. The van der Waals surface area contributed by atoms with Crippen LogP contribution in [0.5, 0.6) is 0 Å². The first-order chi connectivity index (χ1) is 8.68. The molecule has 0 aromatic rings. The molecule has 0 aliphatic heterocycles. The van der Waals surface area contributed by atoms with Crippen LogP contribution in [-0.2, 0) is 0 Å². The Kier molecular flexibility index (Phi) is 7.06. The van der Waals surface area contributed by atoms with Crippen LogP contribution >= 0.6 is 11.8 Å². The third-order valence-electron chi connectivity index (χ3n) is 3.84. The number of hydrogen-bond donors (Lipinski definition) is 2. The van der Waals surface area contributed by atoms with Gasteiger partial charge in [0.1, 0.15) is 5.54 Å². The number of nitriles is 1. The number of aliphatic hydroxyl groups is 1. The van der Waals surface area contributed by atoms with E-state index in [2.05, 4.69) is 18.3 Å². The van der Waals surface area contributed by atoms with Crippen LogP contribution in [0.2, 0.25) is 0 Å². The Morgan fingerprint density at radius 2 is 2.39 bits per heavy atom. The summed E-state index contributed by atoms with van der Waals surface area (Å²) in [5.74, 6) is 1.52. The van der Waals surface area contributed by atoms with E-state index in [0.717, 1.165) is 38.0 Å². The van der Waals surface area contributed by atoms with Crippen molar-refractivity contribution in [3.63, 3.8) is 0 Å². The summed E-state index contributed by atoms with van der Waals surface area (Å²) in [6.07, 6.45) is 5.48. The fourth-order valence-corrected chi connectivity index (χ4v) is 3.63. The number of rotatable bonds is 8. The zero-order valence-corrected chi connectivity index (χ0v) is 12.4. The summed E-state index contributed by atoms with van der Waals surface area (Å²) in [6.45, 7) is 5.37. The van der Waals surface area contributed by atoms with Gasteiger partial charge in [-0.05, 0) is 43.9 Å². The normalized spacial score (nSPS) is 29.1. The summed E-state index contributed by atoms with van der Waals surface area (Å²) in [4.78, 5) is 0. The Morgan fingerprint density at radius 3 is 3.00 bits per heavy atom. The van der Waals surface area contributed by atoms with Gasteiger partial charge in [-0.3, -0.25) is 5.32 Å². The van der Waals surface area contributed by atoms with Crippen molar-refractivity contribution in [2.45, 2.75) is 56.7 Å². The molecule has 0 aromatic heterocycles. The third-order valence-corrected chi connectivity index (χ3v) is 5.03. The molecular weight excluding hydrogens is 244 g/mol. The molecule has 18 heavy (non-hydrogen) atoms. The monoisotopic (exact) mass is 270 g/mol. The maximum atomic E-state index is 9.51. The molecular formula is C14H26N2OS. The van der Waals surface area contributed by atoms with Crippen LogP contribution in [0.25, 0.3) is 0 Å². The number of nitrogens with zero attached hydrogens (tertiary/aromatic N) is 1. The molecule has 4 heteroatoms. The van der Waals surface area contributed by atoms with Crippen LogP contribution in [0, 0.1) is 17.2 Å². The van der Waals surface area contributed by atoms with Crippen molar-refractivity contribution in [3.05, 3.63) is 0 Å². The van der Waals surface area contributed by atoms with Crippen LogP contribution < -0.4 is 5.32 Å². The molecule has 1 fully saturated rings. The van der Waals surface area contributed by atoms with Gasteiger partial charge < -0.3 is 5.11 Å². The maximum Gasteiger partial charge on any atom is 0.109 e. The Bertz CT molecular complexity index is 279. The highest BCUT2D eigenvalue weighted by Crippen LogP contribution is 2.38. The third kappa shape index (κ3) is 4.15. The lowest BCUT2D eigenvalue weighted by atomic mass is 9.86. The SMILES string of the molecule is CCCNC1(C#N)CCCC1CCSC(C)CO. The van der Waals surface area contributed by atoms with Crippen molar-refractivity contribution < 1.29 is 5.11 Å². The van der Waals surface area contributed by atoms with Gasteiger partial charge in [-0.25, -0.2) is 0 Å². The largest absolute Gasteiger partial charge is 0.395 e. The molecule has 1 rings (SSSR count). The summed E-state index contributed by atoms with van der Waals surface area (Å²) < 4.78 is 0. The van der Waals surface area contributed by atoms with Gasteiger partial charge in [0.15, 0.2) is 0 Å². The number of aliphatic hydroxyl groups excluding tert-OH is 1. The molecule has 3 unspecified atom stereocenters. The molecule has 0 radical (unpaired) electrons. The zero-order valence-electron chi connectivity index (χ0n) is 11.6. The van der Waals surface area contributed by atoms with Gasteiger partial charge in [0.25, 0.3) is 0 Å². The van der Waals surface area contributed by atoms with Crippen LogP contribution in [0.15, 0.2) is 0 Å². The first-order valence-corrected chi connectivity index (χ1v) is 8.12. The highest BCUT2D eigenvalue weighted by Gasteiger charge is 2.42. The number of hydrogen-bond acceptors (Lipinski definition) is 4. The van der Waals surface area contributed by atoms with E-state index in [1.54, 1.807) is 0 Å². The molecule has 0 heterocycles. The molecule has 1 saturated carbocycles. The lowest BCUT2D eigenvalue weighted by molar-refractivity contribution is 0.299. The summed E-state index contributed by atoms with van der Waals surface area (Å²) in [5, 5.41) is 22.3. The Labute approximate surface area is 115 Å². The fourth-order valence-electron chi connectivity index (χ4n) is 2.70. The maximum absolute atomic E-state index is 9.51. The van der Waals surface area contributed by atoms with E-state index >= 15 is 0 Å².